The molecule has 0 rings (SSSR count). The first-order valence-corrected chi connectivity index (χ1v) is 7.14. The van der Waals surface area contributed by atoms with Crippen molar-refractivity contribution in [3.63, 3.8) is 0 Å². The Balaban J connectivity index is 4.40. The van der Waals surface area contributed by atoms with Crippen molar-refractivity contribution >= 4 is 15.8 Å². The molecular formula is C10H22N2O3S. The molecule has 0 saturated heterocycles. The molecule has 0 atom stereocenters. The maximum Gasteiger partial charge on any atom is 0.211 e. The summed E-state index contributed by atoms with van der Waals surface area (Å²) >= 11 is 0. The summed E-state index contributed by atoms with van der Waals surface area (Å²) in [6.07, 6.45) is 1.13. The number of hydrogen-bond acceptors (Lipinski definition) is 4. The van der Waals surface area contributed by atoms with Crippen LogP contribution in [0.2, 0.25) is 0 Å². The van der Waals surface area contributed by atoms with Gasteiger partial charge >= 0.3 is 0 Å². The smallest absolute Gasteiger partial charge is 0.211 e. The maximum atomic E-state index is 11.4. The summed E-state index contributed by atoms with van der Waals surface area (Å²) in [5.41, 5.74) is 0. The summed E-state index contributed by atoms with van der Waals surface area (Å²) in [4.78, 5) is 13.0. The average Bonchev–Trinajstić information content (AvgIpc) is 2.08. The van der Waals surface area contributed by atoms with E-state index in [1.807, 2.05) is 25.8 Å². The highest BCUT2D eigenvalue weighted by molar-refractivity contribution is 7.88. The summed E-state index contributed by atoms with van der Waals surface area (Å²) in [6.45, 7) is 6.41. The zero-order chi connectivity index (χ0) is 12.9. The Labute approximate surface area is 98.5 Å². The Kier molecular flexibility index (Phi) is 6.14. The second-order valence-corrected chi connectivity index (χ2v) is 6.36. The number of nitrogens with zero attached hydrogens (tertiary/aromatic N) is 2. The van der Waals surface area contributed by atoms with Crippen LogP contribution in [0.5, 0.6) is 0 Å². The fraction of sp³-hybridized carbons (Fsp3) is 0.900. The Morgan fingerprint density at radius 1 is 1.25 bits per heavy atom. The van der Waals surface area contributed by atoms with Gasteiger partial charge in [-0.25, -0.2) is 8.42 Å². The molecule has 0 N–H and O–H groups in total. The van der Waals surface area contributed by atoms with Crippen molar-refractivity contribution in [2.75, 3.05) is 32.9 Å². The van der Waals surface area contributed by atoms with Crippen LogP contribution in [0.3, 0.4) is 0 Å². The SMILES string of the molecule is CC(=O)CN(CCN(C)C(C)C)S(C)(=O)=O. The lowest BCUT2D eigenvalue weighted by atomic mass is 10.3. The second-order valence-electron chi connectivity index (χ2n) is 4.37. The number of rotatable bonds is 7. The maximum absolute atomic E-state index is 11.4. The van der Waals surface area contributed by atoms with Gasteiger partial charge in [0.1, 0.15) is 5.78 Å². The Morgan fingerprint density at radius 2 is 1.75 bits per heavy atom. The summed E-state index contributed by atoms with van der Waals surface area (Å²) in [7, 11) is -1.37. The summed E-state index contributed by atoms with van der Waals surface area (Å²) in [5.74, 6) is -0.141. The number of hydrogen-bond donors (Lipinski definition) is 0. The molecule has 16 heavy (non-hydrogen) atoms. The van der Waals surface area contributed by atoms with Gasteiger partial charge in [0.25, 0.3) is 0 Å². The number of carbonyl (C=O) groups excluding carboxylic acids is 1. The molecule has 0 aliphatic heterocycles. The first-order chi connectivity index (χ1) is 7.14. The highest BCUT2D eigenvalue weighted by Gasteiger charge is 2.18. The van der Waals surface area contributed by atoms with E-state index in [1.165, 1.54) is 11.2 Å². The molecule has 0 unspecified atom stereocenters. The predicted molar refractivity (Wildman–Crippen MR) is 64.9 cm³/mol. The van der Waals surface area contributed by atoms with Crippen molar-refractivity contribution in [2.45, 2.75) is 26.8 Å². The van der Waals surface area contributed by atoms with Crippen LogP contribution in [-0.2, 0) is 14.8 Å². The lowest BCUT2D eigenvalue weighted by molar-refractivity contribution is -0.117. The molecule has 5 nitrogen and oxygen atoms in total. The summed E-state index contributed by atoms with van der Waals surface area (Å²) in [5, 5.41) is 0. The number of ketones is 1. The van der Waals surface area contributed by atoms with Gasteiger partial charge in [-0.3, -0.25) is 4.79 Å². The average molecular weight is 250 g/mol. The Morgan fingerprint density at radius 3 is 2.06 bits per heavy atom. The number of likely N-dealkylation sites (N-methyl/N-ethyl adjacent to an activating group) is 1. The molecule has 0 aromatic rings. The van der Waals surface area contributed by atoms with E-state index in [0.717, 1.165) is 6.26 Å². The van der Waals surface area contributed by atoms with Gasteiger partial charge in [0.15, 0.2) is 0 Å². The topological polar surface area (TPSA) is 57.7 Å². The van der Waals surface area contributed by atoms with Crippen LogP contribution in [0.4, 0.5) is 0 Å². The second kappa shape index (κ2) is 6.32. The first kappa shape index (κ1) is 15.5. The van der Waals surface area contributed by atoms with Crippen molar-refractivity contribution in [2.24, 2.45) is 0 Å². The summed E-state index contributed by atoms with van der Waals surface area (Å²) in [6, 6.07) is 0.360. The van der Waals surface area contributed by atoms with Crippen LogP contribution in [0.1, 0.15) is 20.8 Å². The van der Waals surface area contributed by atoms with Crippen molar-refractivity contribution in [3.05, 3.63) is 0 Å². The molecule has 0 radical (unpaired) electrons. The quantitative estimate of drug-likeness (QED) is 0.646. The fourth-order valence-electron chi connectivity index (χ4n) is 1.14. The molecule has 0 spiro atoms. The minimum absolute atomic E-state index is 0.0369. The Bertz CT molecular complexity index is 325. The number of carbonyl (C=O) groups is 1. The van der Waals surface area contributed by atoms with E-state index < -0.39 is 10.0 Å². The first-order valence-electron chi connectivity index (χ1n) is 5.29. The predicted octanol–water partition coefficient (Wildman–Crippen LogP) is 0.177. The van der Waals surface area contributed by atoms with Crippen molar-refractivity contribution in [3.8, 4) is 0 Å². The van der Waals surface area contributed by atoms with Crippen LogP contribution in [0, 0.1) is 0 Å². The minimum Gasteiger partial charge on any atom is -0.303 e. The molecule has 0 aromatic heterocycles. The largest absolute Gasteiger partial charge is 0.303 e. The van der Waals surface area contributed by atoms with Gasteiger partial charge in [-0.2, -0.15) is 4.31 Å². The molecular weight excluding hydrogens is 228 g/mol. The van der Waals surface area contributed by atoms with Crippen LogP contribution in [0.25, 0.3) is 0 Å². The molecule has 0 aliphatic rings. The molecule has 0 aromatic carbocycles. The van der Waals surface area contributed by atoms with Crippen LogP contribution in [-0.4, -0.2) is 62.4 Å². The highest BCUT2D eigenvalue weighted by atomic mass is 32.2. The molecule has 0 fully saturated rings. The van der Waals surface area contributed by atoms with E-state index in [9.17, 15) is 13.2 Å². The van der Waals surface area contributed by atoms with E-state index in [4.69, 9.17) is 0 Å². The fourth-order valence-corrected chi connectivity index (χ4v) is 1.97. The molecule has 0 amide bonds. The van der Waals surface area contributed by atoms with Crippen molar-refractivity contribution < 1.29 is 13.2 Å². The highest BCUT2D eigenvalue weighted by Crippen LogP contribution is 2.00. The normalized spacial score (nSPS) is 12.8. The molecule has 0 bridgehead atoms. The summed E-state index contributed by atoms with van der Waals surface area (Å²) < 4.78 is 24.0. The Hall–Kier alpha value is -0.460. The van der Waals surface area contributed by atoms with E-state index in [0.29, 0.717) is 19.1 Å². The van der Waals surface area contributed by atoms with Gasteiger partial charge in [0, 0.05) is 19.1 Å². The number of sulfonamides is 1. The molecule has 96 valence electrons. The zero-order valence-corrected chi connectivity index (χ0v) is 11.5. The minimum atomic E-state index is -3.30. The third-order valence-electron chi connectivity index (χ3n) is 2.45. The van der Waals surface area contributed by atoms with Crippen LogP contribution in [0.15, 0.2) is 0 Å². The third kappa shape index (κ3) is 6.19. The van der Waals surface area contributed by atoms with E-state index in [1.54, 1.807) is 0 Å². The molecule has 0 heterocycles. The van der Waals surface area contributed by atoms with Gasteiger partial charge < -0.3 is 4.90 Å². The standard InChI is InChI=1S/C10H22N2O3S/c1-9(2)11(4)6-7-12(8-10(3)13)16(5,14)15/h9H,6-8H2,1-5H3. The van der Waals surface area contributed by atoms with E-state index >= 15 is 0 Å². The van der Waals surface area contributed by atoms with E-state index in [-0.39, 0.29) is 12.3 Å². The third-order valence-corrected chi connectivity index (χ3v) is 3.70. The monoisotopic (exact) mass is 250 g/mol. The van der Waals surface area contributed by atoms with Crippen molar-refractivity contribution in [1.29, 1.82) is 0 Å². The van der Waals surface area contributed by atoms with Crippen LogP contribution >= 0.6 is 0 Å². The zero-order valence-electron chi connectivity index (χ0n) is 10.7. The van der Waals surface area contributed by atoms with Gasteiger partial charge in [-0.05, 0) is 27.8 Å². The van der Waals surface area contributed by atoms with Gasteiger partial charge in [0.2, 0.25) is 10.0 Å². The number of Topliss-reactive ketones (excluding diaryl/α,β-unsaturated/α-hetero) is 1. The van der Waals surface area contributed by atoms with E-state index in [2.05, 4.69) is 0 Å². The molecule has 0 aliphatic carbocycles. The van der Waals surface area contributed by atoms with Gasteiger partial charge in [-0.15, -0.1) is 0 Å². The van der Waals surface area contributed by atoms with Crippen molar-refractivity contribution in [1.82, 2.24) is 9.21 Å². The lowest BCUT2D eigenvalue weighted by Gasteiger charge is -2.25. The van der Waals surface area contributed by atoms with Gasteiger partial charge in [0.05, 0.1) is 12.8 Å². The van der Waals surface area contributed by atoms with Gasteiger partial charge in [-0.1, -0.05) is 0 Å². The molecule has 0 saturated carbocycles. The molecule has 6 heteroatoms. The van der Waals surface area contributed by atoms with Crippen LogP contribution < -0.4 is 0 Å². The lowest BCUT2D eigenvalue weighted by Crippen LogP contribution is -2.41.